The number of H-pyrrole nitrogens is 1. The van der Waals surface area contributed by atoms with Crippen molar-refractivity contribution in [3.8, 4) is 0 Å². The molecule has 2 amide bonds. The van der Waals surface area contributed by atoms with E-state index in [1.54, 1.807) is 9.80 Å². The first kappa shape index (κ1) is 26.0. The van der Waals surface area contributed by atoms with E-state index >= 15 is 0 Å². The van der Waals surface area contributed by atoms with Gasteiger partial charge in [0, 0.05) is 46.8 Å². The highest BCUT2D eigenvalue weighted by atomic mass is 79.9. The van der Waals surface area contributed by atoms with Gasteiger partial charge in [0.1, 0.15) is 6.54 Å². The number of hydrogen-bond acceptors (Lipinski definition) is 3. The Morgan fingerprint density at radius 3 is 2.41 bits per heavy atom. The quantitative estimate of drug-likeness (QED) is 0.168. The number of carbonyl (C=O) groups is 2. The minimum absolute atomic E-state index is 0.0997. The summed E-state index contributed by atoms with van der Waals surface area (Å²) >= 11 is 3.57. The van der Waals surface area contributed by atoms with Crippen LogP contribution in [0.25, 0.3) is 10.9 Å². The van der Waals surface area contributed by atoms with Gasteiger partial charge in [-0.05, 0) is 58.2 Å². The van der Waals surface area contributed by atoms with Gasteiger partial charge in [0.05, 0.1) is 5.69 Å². The maximum Gasteiger partial charge on any atom is 0.251 e. The largest absolute Gasteiger partial charge is 0.370 e. The van der Waals surface area contributed by atoms with Crippen LogP contribution < -0.4 is 16.0 Å². The number of amides is 2. The van der Waals surface area contributed by atoms with Gasteiger partial charge < -0.3 is 20.9 Å². The second kappa shape index (κ2) is 12.2. The number of fused-ring (bicyclic) bond motifs is 1. The molecule has 0 radical (unpaired) electrons. The lowest BCUT2D eigenvalue weighted by molar-refractivity contribution is -0.135. The number of rotatable bonds is 10. The molecule has 9 heteroatoms. The van der Waals surface area contributed by atoms with Gasteiger partial charge in [0.15, 0.2) is 5.96 Å². The molecule has 0 spiro atoms. The Bertz CT molecular complexity index is 1390. The van der Waals surface area contributed by atoms with Gasteiger partial charge in [0.2, 0.25) is 5.91 Å². The minimum Gasteiger partial charge on any atom is -0.370 e. The second-order valence-electron chi connectivity index (χ2n) is 8.53. The number of guanidine groups is 1. The van der Waals surface area contributed by atoms with Crippen LogP contribution in [0.5, 0.6) is 0 Å². The van der Waals surface area contributed by atoms with Crippen LogP contribution in [0.2, 0.25) is 0 Å². The Kier molecular flexibility index (Phi) is 8.58. The summed E-state index contributed by atoms with van der Waals surface area (Å²) in [5, 5.41) is 11.1. The van der Waals surface area contributed by atoms with Crippen LogP contribution in [0.4, 0.5) is 11.4 Å². The SMILES string of the molecule is N=C(N)NCCC(=O)N(CCc1c[nH]c2ccccc12)CC(=O)N(c1ccccc1)c1ccccc1Br. The Morgan fingerprint density at radius 2 is 1.65 bits per heavy atom. The van der Waals surface area contributed by atoms with E-state index in [2.05, 4.69) is 26.2 Å². The summed E-state index contributed by atoms with van der Waals surface area (Å²) in [4.78, 5) is 33.5. The van der Waals surface area contributed by atoms with E-state index in [-0.39, 0.29) is 37.3 Å². The Hall–Kier alpha value is -4.11. The summed E-state index contributed by atoms with van der Waals surface area (Å²) < 4.78 is 0.773. The predicted octanol–water partition coefficient (Wildman–Crippen LogP) is 4.54. The number of aromatic nitrogens is 1. The maximum absolute atomic E-state index is 13.8. The highest BCUT2D eigenvalue weighted by Crippen LogP contribution is 2.32. The third-order valence-electron chi connectivity index (χ3n) is 6.02. The number of nitrogens with zero attached hydrogens (tertiary/aromatic N) is 2. The van der Waals surface area contributed by atoms with Crippen molar-refractivity contribution in [1.29, 1.82) is 5.41 Å². The molecule has 0 fully saturated rings. The molecule has 0 bridgehead atoms. The maximum atomic E-state index is 13.8. The summed E-state index contributed by atoms with van der Waals surface area (Å²) in [6, 6.07) is 24.9. The normalized spacial score (nSPS) is 10.7. The van der Waals surface area contributed by atoms with Gasteiger partial charge in [-0.1, -0.05) is 48.5 Å². The average molecular weight is 561 g/mol. The zero-order valence-electron chi connectivity index (χ0n) is 20.3. The summed E-state index contributed by atoms with van der Waals surface area (Å²) in [7, 11) is 0. The van der Waals surface area contributed by atoms with Crippen LogP contribution in [-0.4, -0.2) is 47.3 Å². The van der Waals surface area contributed by atoms with Crippen molar-refractivity contribution in [3.63, 3.8) is 0 Å². The first-order valence-corrected chi connectivity index (χ1v) is 12.8. The number of anilines is 2. The van der Waals surface area contributed by atoms with Crippen molar-refractivity contribution in [2.45, 2.75) is 12.8 Å². The third-order valence-corrected chi connectivity index (χ3v) is 6.69. The highest BCUT2D eigenvalue weighted by molar-refractivity contribution is 9.10. The molecule has 190 valence electrons. The Balaban J connectivity index is 1.58. The fraction of sp³-hybridized carbons (Fsp3) is 0.179. The summed E-state index contributed by atoms with van der Waals surface area (Å²) in [5.74, 6) is -0.620. The standard InChI is InChI=1S/C28H29BrN6O2/c29-23-11-5-7-13-25(23)35(21-8-2-1-3-9-21)27(37)19-34(26(36)14-16-32-28(30)31)17-15-20-18-33-24-12-6-4-10-22(20)24/h1-13,18,33H,14-17,19H2,(H4,30,31,32). The van der Waals surface area contributed by atoms with Gasteiger partial charge in [0.25, 0.3) is 5.91 Å². The van der Waals surface area contributed by atoms with Crippen molar-refractivity contribution in [3.05, 3.63) is 95.1 Å². The number of carbonyl (C=O) groups excluding carboxylic acids is 2. The Morgan fingerprint density at radius 1 is 0.946 bits per heavy atom. The molecule has 0 saturated heterocycles. The van der Waals surface area contributed by atoms with Crippen molar-refractivity contribution in [2.24, 2.45) is 5.73 Å². The zero-order chi connectivity index (χ0) is 26.2. The lowest BCUT2D eigenvalue weighted by Gasteiger charge is -2.28. The number of hydrogen-bond donors (Lipinski definition) is 4. The van der Waals surface area contributed by atoms with Crippen molar-refractivity contribution in [2.75, 3.05) is 24.5 Å². The summed E-state index contributed by atoms with van der Waals surface area (Å²) in [6.07, 6.45) is 2.65. The number of nitrogens with one attached hydrogen (secondary N) is 3. The molecule has 4 aromatic rings. The molecule has 0 aliphatic carbocycles. The Labute approximate surface area is 224 Å². The van der Waals surface area contributed by atoms with Gasteiger partial charge in [-0.15, -0.1) is 0 Å². The lowest BCUT2D eigenvalue weighted by Crippen LogP contribution is -2.43. The van der Waals surface area contributed by atoms with Crippen LogP contribution >= 0.6 is 15.9 Å². The van der Waals surface area contributed by atoms with E-state index in [0.29, 0.717) is 24.3 Å². The third kappa shape index (κ3) is 6.56. The van der Waals surface area contributed by atoms with Gasteiger partial charge >= 0.3 is 0 Å². The van der Waals surface area contributed by atoms with E-state index in [1.165, 1.54) is 0 Å². The van der Waals surface area contributed by atoms with Crippen molar-refractivity contribution in [1.82, 2.24) is 15.2 Å². The molecule has 8 nitrogen and oxygen atoms in total. The van der Waals surface area contributed by atoms with E-state index < -0.39 is 0 Å². The van der Waals surface area contributed by atoms with Gasteiger partial charge in [-0.25, -0.2) is 0 Å². The molecule has 1 heterocycles. The number of halogens is 1. The van der Waals surface area contributed by atoms with E-state index in [9.17, 15) is 9.59 Å². The fourth-order valence-corrected chi connectivity index (χ4v) is 4.67. The number of para-hydroxylation sites is 3. The number of benzene rings is 3. The van der Waals surface area contributed by atoms with Crippen LogP contribution in [0.3, 0.4) is 0 Å². The van der Waals surface area contributed by atoms with Crippen LogP contribution in [-0.2, 0) is 16.0 Å². The smallest absolute Gasteiger partial charge is 0.251 e. The second-order valence-corrected chi connectivity index (χ2v) is 9.39. The highest BCUT2D eigenvalue weighted by Gasteiger charge is 2.25. The molecule has 0 unspecified atom stereocenters. The number of aromatic amines is 1. The molecule has 0 aliphatic rings. The molecule has 4 rings (SSSR count). The van der Waals surface area contributed by atoms with E-state index in [0.717, 1.165) is 20.9 Å². The van der Waals surface area contributed by atoms with E-state index in [4.69, 9.17) is 11.1 Å². The topological polar surface area (TPSA) is 118 Å². The predicted molar refractivity (Wildman–Crippen MR) is 151 cm³/mol. The summed E-state index contributed by atoms with van der Waals surface area (Å²) in [6.45, 7) is 0.487. The monoisotopic (exact) mass is 560 g/mol. The molecule has 0 saturated carbocycles. The minimum atomic E-state index is -0.232. The molecule has 0 atom stereocenters. The molecule has 37 heavy (non-hydrogen) atoms. The van der Waals surface area contributed by atoms with Crippen LogP contribution in [0.1, 0.15) is 12.0 Å². The number of nitrogens with two attached hydrogens (primary N) is 1. The first-order chi connectivity index (χ1) is 17.9. The van der Waals surface area contributed by atoms with Crippen LogP contribution in [0, 0.1) is 5.41 Å². The zero-order valence-corrected chi connectivity index (χ0v) is 21.9. The fourth-order valence-electron chi connectivity index (χ4n) is 4.21. The molecule has 1 aromatic heterocycles. The van der Waals surface area contributed by atoms with Crippen molar-refractivity contribution >= 4 is 56.0 Å². The molecule has 5 N–H and O–H groups in total. The van der Waals surface area contributed by atoms with Gasteiger partial charge in [-0.3, -0.25) is 19.9 Å². The lowest BCUT2D eigenvalue weighted by atomic mass is 10.1. The summed E-state index contributed by atoms with van der Waals surface area (Å²) in [5.41, 5.74) is 8.88. The molecule has 0 aliphatic heterocycles. The van der Waals surface area contributed by atoms with Gasteiger partial charge in [-0.2, -0.15) is 0 Å². The average Bonchev–Trinajstić information content (AvgIpc) is 3.31. The molecular formula is C28H29BrN6O2. The first-order valence-electron chi connectivity index (χ1n) is 12.0. The molecule has 3 aromatic carbocycles. The molecular weight excluding hydrogens is 532 g/mol. The van der Waals surface area contributed by atoms with E-state index in [1.807, 2.05) is 85.1 Å². The van der Waals surface area contributed by atoms with Crippen LogP contribution in [0.15, 0.2) is 89.5 Å². The van der Waals surface area contributed by atoms with Crippen molar-refractivity contribution < 1.29 is 9.59 Å².